The van der Waals surface area contributed by atoms with Crippen LogP contribution in [0.5, 0.6) is 0 Å². The number of rotatable bonds is 4. The fraction of sp³-hybridized carbons (Fsp3) is 0.235. The predicted octanol–water partition coefficient (Wildman–Crippen LogP) is 1.35. The Morgan fingerprint density at radius 2 is 2.12 bits per heavy atom. The highest BCUT2D eigenvalue weighted by Gasteiger charge is 2.26. The first-order chi connectivity index (χ1) is 12.6. The molecule has 0 bridgehead atoms. The maximum atomic E-state index is 12.5. The zero-order valence-corrected chi connectivity index (χ0v) is 14.5. The highest BCUT2D eigenvalue weighted by molar-refractivity contribution is 7.89. The van der Waals surface area contributed by atoms with Gasteiger partial charge in [-0.3, -0.25) is 0 Å². The maximum Gasteiger partial charge on any atom is 0.240 e. The molecular formula is C17H15N5O3S. The van der Waals surface area contributed by atoms with Gasteiger partial charge in [0.1, 0.15) is 17.9 Å². The lowest BCUT2D eigenvalue weighted by molar-refractivity contribution is 0.0578. The molecule has 9 heteroatoms. The van der Waals surface area contributed by atoms with Crippen LogP contribution in [0.2, 0.25) is 0 Å². The molecule has 8 nitrogen and oxygen atoms in total. The van der Waals surface area contributed by atoms with Gasteiger partial charge in [-0.1, -0.05) is 0 Å². The van der Waals surface area contributed by atoms with E-state index in [1.165, 1.54) is 24.3 Å². The van der Waals surface area contributed by atoms with Gasteiger partial charge >= 0.3 is 0 Å². The number of imidazole rings is 1. The van der Waals surface area contributed by atoms with E-state index in [4.69, 9.17) is 10.00 Å². The molecule has 4 rings (SSSR count). The normalized spacial score (nSPS) is 17.0. The first-order valence-electron chi connectivity index (χ1n) is 7.98. The van der Waals surface area contributed by atoms with Crippen molar-refractivity contribution in [2.24, 2.45) is 0 Å². The van der Waals surface area contributed by atoms with Gasteiger partial charge in [-0.25, -0.2) is 23.1 Å². The van der Waals surface area contributed by atoms with Crippen molar-refractivity contribution < 1.29 is 13.2 Å². The number of hydrogen-bond acceptors (Lipinski definition) is 6. The number of nitriles is 1. The Morgan fingerprint density at radius 3 is 2.88 bits per heavy atom. The van der Waals surface area contributed by atoms with Gasteiger partial charge in [0.05, 0.1) is 29.2 Å². The highest BCUT2D eigenvalue weighted by Crippen LogP contribution is 2.24. The zero-order valence-electron chi connectivity index (χ0n) is 13.7. The molecule has 0 unspecified atom stereocenters. The molecule has 0 saturated heterocycles. The van der Waals surface area contributed by atoms with Crippen LogP contribution in [0.1, 0.15) is 17.4 Å². The number of aromatic nitrogens is 3. The number of benzene rings is 1. The monoisotopic (exact) mass is 369 g/mol. The minimum Gasteiger partial charge on any atom is -0.371 e. The van der Waals surface area contributed by atoms with Crippen LogP contribution < -0.4 is 4.72 Å². The smallest absolute Gasteiger partial charge is 0.240 e. The lowest BCUT2D eigenvalue weighted by Gasteiger charge is -2.25. The molecule has 1 atom stereocenters. The second kappa shape index (κ2) is 6.49. The van der Waals surface area contributed by atoms with Crippen molar-refractivity contribution in [3.05, 3.63) is 54.0 Å². The van der Waals surface area contributed by atoms with E-state index < -0.39 is 10.0 Å². The Hall–Kier alpha value is -2.80. The molecule has 26 heavy (non-hydrogen) atoms. The first-order valence-corrected chi connectivity index (χ1v) is 9.46. The van der Waals surface area contributed by atoms with Crippen LogP contribution in [0.4, 0.5) is 0 Å². The van der Waals surface area contributed by atoms with Crippen LogP contribution in [-0.4, -0.2) is 36.1 Å². The summed E-state index contributed by atoms with van der Waals surface area (Å²) in [7, 11) is -3.69. The van der Waals surface area contributed by atoms with Gasteiger partial charge in [0.2, 0.25) is 10.0 Å². The molecule has 0 aliphatic carbocycles. The third-order valence-corrected chi connectivity index (χ3v) is 5.67. The summed E-state index contributed by atoms with van der Waals surface area (Å²) in [6.07, 6.45) is 1.69. The Kier molecular flexibility index (Phi) is 4.16. The molecule has 0 spiro atoms. The largest absolute Gasteiger partial charge is 0.371 e. The molecule has 0 fully saturated rings. The molecule has 0 amide bonds. The Balaban J connectivity index is 1.58. The maximum absolute atomic E-state index is 12.5. The summed E-state index contributed by atoms with van der Waals surface area (Å²) in [5.41, 5.74) is 1.88. The van der Waals surface area contributed by atoms with Crippen molar-refractivity contribution >= 4 is 21.2 Å². The molecule has 0 saturated carbocycles. The van der Waals surface area contributed by atoms with Crippen LogP contribution in [-0.2, 0) is 21.4 Å². The summed E-state index contributed by atoms with van der Waals surface area (Å²) in [5, 5.41) is 8.82. The lowest BCUT2D eigenvalue weighted by Crippen LogP contribution is -2.35. The van der Waals surface area contributed by atoms with Gasteiger partial charge in [-0.2, -0.15) is 5.26 Å². The minimum atomic E-state index is -3.69. The SMILES string of the molecule is N#Cc1ccc(S(=O)(=O)NC[C@H]2COCc3nc4cccnc4n32)cc1. The topological polar surface area (TPSA) is 110 Å². The molecule has 3 aromatic rings. The van der Waals surface area contributed by atoms with E-state index in [-0.39, 0.29) is 17.5 Å². The van der Waals surface area contributed by atoms with Gasteiger partial charge in [0.15, 0.2) is 5.65 Å². The van der Waals surface area contributed by atoms with Gasteiger partial charge in [-0.15, -0.1) is 0 Å². The quantitative estimate of drug-likeness (QED) is 0.743. The average molecular weight is 369 g/mol. The first kappa shape index (κ1) is 16.7. The van der Waals surface area contributed by atoms with Gasteiger partial charge in [0.25, 0.3) is 0 Å². The summed E-state index contributed by atoms with van der Waals surface area (Å²) in [6.45, 7) is 0.886. The third-order valence-electron chi connectivity index (χ3n) is 4.23. The molecule has 1 aliphatic rings. The molecule has 2 aromatic heterocycles. The van der Waals surface area contributed by atoms with Gasteiger partial charge in [-0.05, 0) is 36.4 Å². The van der Waals surface area contributed by atoms with Crippen molar-refractivity contribution in [3.8, 4) is 6.07 Å². The van der Waals surface area contributed by atoms with E-state index in [2.05, 4.69) is 14.7 Å². The summed E-state index contributed by atoms with van der Waals surface area (Å²) >= 11 is 0. The second-order valence-corrected chi connectivity index (χ2v) is 7.67. The van der Waals surface area contributed by atoms with E-state index in [1.54, 1.807) is 6.20 Å². The van der Waals surface area contributed by atoms with Crippen LogP contribution in [0.25, 0.3) is 11.2 Å². The Morgan fingerprint density at radius 1 is 1.31 bits per heavy atom. The van der Waals surface area contributed by atoms with Crippen LogP contribution >= 0.6 is 0 Å². The van der Waals surface area contributed by atoms with Gasteiger partial charge < -0.3 is 9.30 Å². The van der Waals surface area contributed by atoms with Crippen LogP contribution in [0.15, 0.2) is 47.5 Å². The van der Waals surface area contributed by atoms with Crippen molar-refractivity contribution in [2.45, 2.75) is 17.5 Å². The molecule has 1 aliphatic heterocycles. The van der Waals surface area contributed by atoms with E-state index in [0.29, 0.717) is 24.4 Å². The summed E-state index contributed by atoms with van der Waals surface area (Å²) < 4.78 is 35.1. The summed E-state index contributed by atoms with van der Waals surface area (Å²) in [5.74, 6) is 0.729. The van der Waals surface area contributed by atoms with Crippen LogP contribution in [0.3, 0.4) is 0 Å². The van der Waals surface area contributed by atoms with Gasteiger partial charge in [0, 0.05) is 12.7 Å². The number of hydrogen-bond donors (Lipinski definition) is 1. The van der Waals surface area contributed by atoms with E-state index in [1.807, 2.05) is 22.8 Å². The molecule has 3 heterocycles. The van der Waals surface area contributed by atoms with E-state index in [9.17, 15) is 8.42 Å². The number of pyridine rings is 1. The number of sulfonamides is 1. The van der Waals surface area contributed by atoms with E-state index >= 15 is 0 Å². The summed E-state index contributed by atoms with van der Waals surface area (Å²) in [4.78, 5) is 8.97. The molecule has 1 N–H and O–H groups in total. The Labute approximate surface area is 150 Å². The zero-order chi connectivity index (χ0) is 18.1. The number of fused-ring (bicyclic) bond motifs is 3. The second-order valence-electron chi connectivity index (χ2n) is 5.90. The van der Waals surface area contributed by atoms with Crippen molar-refractivity contribution in [1.82, 2.24) is 19.3 Å². The summed E-state index contributed by atoms with van der Waals surface area (Å²) in [6, 6.07) is 11.2. The average Bonchev–Trinajstić information content (AvgIpc) is 3.05. The van der Waals surface area contributed by atoms with E-state index in [0.717, 1.165) is 11.3 Å². The molecule has 132 valence electrons. The fourth-order valence-corrected chi connectivity index (χ4v) is 4.04. The standard InChI is InChI=1S/C17H15N5O3S/c18-8-12-3-5-14(6-4-12)26(23,24)20-9-13-10-25-11-16-21-15-2-1-7-19-17(15)22(13)16/h1-7,13,20H,9-11H2/t13-/m0/s1. The highest BCUT2D eigenvalue weighted by atomic mass is 32.2. The van der Waals surface area contributed by atoms with Crippen LogP contribution in [0, 0.1) is 11.3 Å². The number of nitrogens with zero attached hydrogens (tertiary/aromatic N) is 4. The van der Waals surface area contributed by atoms with Crippen molar-refractivity contribution in [3.63, 3.8) is 0 Å². The minimum absolute atomic E-state index is 0.113. The van der Waals surface area contributed by atoms with Crippen molar-refractivity contribution in [2.75, 3.05) is 13.2 Å². The number of ether oxygens (including phenoxy) is 1. The lowest BCUT2D eigenvalue weighted by atomic mass is 10.2. The third kappa shape index (κ3) is 2.94. The molecule has 0 radical (unpaired) electrons. The van der Waals surface area contributed by atoms with Crippen molar-refractivity contribution in [1.29, 1.82) is 5.26 Å². The fourth-order valence-electron chi connectivity index (χ4n) is 2.97. The number of nitrogens with one attached hydrogen (secondary N) is 1. The Bertz CT molecular complexity index is 1100. The molecular weight excluding hydrogens is 354 g/mol. The predicted molar refractivity (Wildman–Crippen MR) is 92.6 cm³/mol. The molecule has 1 aromatic carbocycles.